The number of aliphatic imine (C=N–C) groups is 1. The summed E-state index contributed by atoms with van der Waals surface area (Å²) < 4.78 is 11.2. The van der Waals surface area contributed by atoms with E-state index in [1.165, 1.54) is 24.1 Å². The van der Waals surface area contributed by atoms with Crippen LogP contribution in [0.25, 0.3) is 0 Å². The second-order valence-corrected chi connectivity index (χ2v) is 7.59. The van der Waals surface area contributed by atoms with Crippen LogP contribution in [-0.4, -0.2) is 31.8 Å². The van der Waals surface area contributed by atoms with Crippen LogP contribution in [-0.2, 0) is 17.7 Å². The third-order valence-corrected chi connectivity index (χ3v) is 5.35. The van der Waals surface area contributed by atoms with Gasteiger partial charge in [0, 0.05) is 31.0 Å². The van der Waals surface area contributed by atoms with Gasteiger partial charge in [0.15, 0.2) is 5.96 Å². The summed E-state index contributed by atoms with van der Waals surface area (Å²) in [6, 6.07) is 8.11. The molecule has 1 atom stereocenters. The van der Waals surface area contributed by atoms with E-state index in [4.69, 9.17) is 14.1 Å². The number of rotatable bonds is 9. The van der Waals surface area contributed by atoms with E-state index in [0.29, 0.717) is 12.6 Å². The molecule has 0 spiro atoms. The van der Waals surface area contributed by atoms with E-state index in [1.807, 2.05) is 12.1 Å². The number of ether oxygens (including phenoxy) is 1. The summed E-state index contributed by atoms with van der Waals surface area (Å²) in [5, 5.41) is 8.96. The number of nitrogens with zero attached hydrogens (tertiary/aromatic N) is 1. The van der Waals surface area contributed by atoms with Gasteiger partial charge in [0.05, 0.1) is 18.9 Å². The van der Waals surface area contributed by atoms with Gasteiger partial charge in [-0.1, -0.05) is 6.07 Å². The summed E-state index contributed by atoms with van der Waals surface area (Å²) in [6.07, 6.45) is 8.97. The summed E-state index contributed by atoms with van der Waals surface area (Å²) in [6.45, 7) is 3.35. The van der Waals surface area contributed by atoms with Crippen LogP contribution in [0.15, 0.2) is 45.3 Å². The van der Waals surface area contributed by atoms with Gasteiger partial charge in [-0.25, -0.2) is 4.99 Å². The first-order chi connectivity index (χ1) is 12.9. The molecule has 2 aromatic heterocycles. The van der Waals surface area contributed by atoms with E-state index in [2.05, 4.69) is 28.1 Å². The van der Waals surface area contributed by atoms with Crippen LogP contribution >= 0.6 is 35.3 Å². The highest BCUT2D eigenvalue weighted by Gasteiger charge is 2.13. The van der Waals surface area contributed by atoms with Gasteiger partial charge in [-0.05, 0) is 55.7 Å². The summed E-state index contributed by atoms with van der Waals surface area (Å²) in [4.78, 5) is 5.98. The SMILES string of the molecule is I.c1coc(CCNC(=NCc2cccs2)NCCCC2CCCCO2)c1. The van der Waals surface area contributed by atoms with Gasteiger partial charge in [-0.15, -0.1) is 35.3 Å². The highest BCUT2D eigenvalue weighted by molar-refractivity contribution is 14.0. The third kappa shape index (κ3) is 8.66. The fraction of sp³-hybridized carbons (Fsp3) is 0.550. The molecule has 1 aliphatic rings. The lowest BCUT2D eigenvalue weighted by molar-refractivity contribution is 0.0104. The summed E-state index contributed by atoms with van der Waals surface area (Å²) in [5.74, 6) is 1.86. The monoisotopic (exact) mass is 503 g/mol. The van der Waals surface area contributed by atoms with Crippen LogP contribution in [0.4, 0.5) is 0 Å². The molecule has 2 N–H and O–H groups in total. The Labute approximate surface area is 183 Å². The normalized spacial score (nSPS) is 17.3. The lowest BCUT2D eigenvalue weighted by Gasteiger charge is -2.22. The Morgan fingerprint density at radius 1 is 1.19 bits per heavy atom. The standard InChI is InChI=1S/C20H29N3O2S.HI/c1-2-13-24-17(6-1)7-3-11-21-20(23-16-19-9-5-15-26-19)22-12-10-18-8-4-14-25-18;/h4-5,8-9,14-15,17H,1-3,6-7,10-13,16H2,(H2,21,22,23);1H. The topological polar surface area (TPSA) is 58.8 Å². The molecule has 1 saturated heterocycles. The Bertz CT molecular complexity index is 626. The van der Waals surface area contributed by atoms with Crippen molar-refractivity contribution in [2.75, 3.05) is 19.7 Å². The van der Waals surface area contributed by atoms with E-state index in [9.17, 15) is 0 Å². The molecule has 1 fully saturated rings. The second-order valence-electron chi connectivity index (χ2n) is 6.56. The number of hydrogen-bond donors (Lipinski definition) is 2. The van der Waals surface area contributed by atoms with Crippen molar-refractivity contribution in [1.29, 1.82) is 0 Å². The van der Waals surface area contributed by atoms with Gasteiger partial charge < -0.3 is 19.8 Å². The molecular weight excluding hydrogens is 473 g/mol. The maximum Gasteiger partial charge on any atom is 0.191 e. The molecule has 3 rings (SSSR count). The first kappa shape index (κ1) is 22.2. The first-order valence-electron chi connectivity index (χ1n) is 9.59. The zero-order valence-electron chi connectivity index (χ0n) is 15.7. The molecule has 0 saturated carbocycles. The number of guanidine groups is 1. The maximum absolute atomic E-state index is 5.81. The van der Waals surface area contributed by atoms with Crippen molar-refractivity contribution < 1.29 is 9.15 Å². The largest absolute Gasteiger partial charge is 0.469 e. The van der Waals surface area contributed by atoms with Crippen molar-refractivity contribution in [3.8, 4) is 0 Å². The van der Waals surface area contributed by atoms with Crippen LogP contribution in [0.5, 0.6) is 0 Å². The summed E-state index contributed by atoms with van der Waals surface area (Å²) >= 11 is 1.74. The fourth-order valence-corrected chi connectivity index (χ4v) is 3.69. The van der Waals surface area contributed by atoms with Crippen molar-refractivity contribution >= 4 is 41.3 Å². The quantitative estimate of drug-likeness (QED) is 0.228. The molecule has 0 amide bonds. The number of thiophene rings is 1. The van der Waals surface area contributed by atoms with E-state index in [0.717, 1.165) is 50.7 Å². The maximum atomic E-state index is 5.81. The molecule has 7 heteroatoms. The molecule has 0 aromatic carbocycles. The van der Waals surface area contributed by atoms with E-state index in [-0.39, 0.29) is 24.0 Å². The predicted molar refractivity (Wildman–Crippen MR) is 122 cm³/mol. The number of halogens is 1. The molecule has 0 aliphatic carbocycles. The van der Waals surface area contributed by atoms with Gasteiger partial charge in [-0.3, -0.25) is 0 Å². The van der Waals surface area contributed by atoms with Gasteiger partial charge in [0.1, 0.15) is 5.76 Å². The highest BCUT2D eigenvalue weighted by atomic mass is 127. The van der Waals surface area contributed by atoms with Gasteiger partial charge in [0.2, 0.25) is 0 Å². The molecule has 1 aliphatic heterocycles. The zero-order valence-corrected chi connectivity index (χ0v) is 18.8. The van der Waals surface area contributed by atoms with Crippen molar-refractivity contribution in [2.45, 2.75) is 51.2 Å². The van der Waals surface area contributed by atoms with Crippen molar-refractivity contribution in [3.63, 3.8) is 0 Å². The molecular formula is C20H30IN3O2S. The lowest BCUT2D eigenvalue weighted by Crippen LogP contribution is -2.39. The van der Waals surface area contributed by atoms with E-state index < -0.39 is 0 Å². The molecule has 1 unspecified atom stereocenters. The van der Waals surface area contributed by atoms with Crippen LogP contribution in [0.1, 0.15) is 42.7 Å². The van der Waals surface area contributed by atoms with Gasteiger partial charge in [-0.2, -0.15) is 0 Å². The van der Waals surface area contributed by atoms with Crippen molar-refractivity contribution in [1.82, 2.24) is 10.6 Å². The van der Waals surface area contributed by atoms with Gasteiger partial charge in [0.25, 0.3) is 0 Å². The number of hydrogen-bond acceptors (Lipinski definition) is 4. The van der Waals surface area contributed by atoms with Crippen LogP contribution in [0, 0.1) is 0 Å². The third-order valence-electron chi connectivity index (χ3n) is 4.49. The zero-order chi connectivity index (χ0) is 17.9. The number of nitrogens with one attached hydrogen (secondary N) is 2. The van der Waals surface area contributed by atoms with Crippen LogP contribution < -0.4 is 10.6 Å². The Morgan fingerprint density at radius 3 is 2.85 bits per heavy atom. The average molecular weight is 503 g/mol. The number of furan rings is 1. The minimum Gasteiger partial charge on any atom is -0.469 e. The minimum absolute atomic E-state index is 0. The summed E-state index contributed by atoms with van der Waals surface area (Å²) in [7, 11) is 0. The molecule has 150 valence electrons. The highest BCUT2D eigenvalue weighted by Crippen LogP contribution is 2.16. The predicted octanol–water partition coefficient (Wildman–Crippen LogP) is 4.59. The molecule has 0 bridgehead atoms. The minimum atomic E-state index is 0. The van der Waals surface area contributed by atoms with Crippen molar-refractivity contribution in [3.05, 3.63) is 46.5 Å². The fourth-order valence-electron chi connectivity index (χ4n) is 3.06. The Kier molecular flexibility index (Phi) is 10.8. The molecule has 27 heavy (non-hydrogen) atoms. The van der Waals surface area contributed by atoms with Crippen LogP contribution in [0.2, 0.25) is 0 Å². The van der Waals surface area contributed by atoms with Gasteiger partial charge >= 0.3 is 0 Å². The van der Waals surface area contributed by atoms with Crippen LogP contribution in [0.3, 0.4) is 0 Å². The Balaban J connectivity index is 0.00000261. The average Bonchev–Trinajstić information content (AvgIpc) is 3.37. The molecule has 0 radical (unpaired) electrons. The smallest absolute Gasteiger partial charge is 0.191 e. The molecule has 5 nitrogen and oxygen atoms in total. The lowest BCUT2D eigenvalue weighted by atomic mass is 10.0. The second kappa shape index (κ2) is 13.2. The van der Waals surface area contributed by atoms with Crippen molar-refractivity contribution in [2.24, 2.45) is 4.99 Å². The van der Waals surface area contributed by atoms with E-state index in [1.54, 1.807) is 17.6 Å². The molecule has 3 heterocycles. The molecule has 2 aromatic rings. The first-order valence-corrected chi connectivity index (χ1v) is 10.5. The Hall–Kier alpha value is -1.06. The Morgan fingerprint density at radius 2 is 2.11 bits per heavy atom. The van der Waals surface area contributed by atoms with E-state index >= 15 is 0 Å². The summed E-state index contributed by atoms with van der Waals surface area (Å²) in [5.41, 5.74) is 0.